The Hall–Kier alpha value is -0.680. The van der Waals surface area contributed by atoms with E-state index in [1.165, 1.54) is 4.88 Å². The van der Waals surface area contributed by atoms with Crippen molar-refractivity contribution in [2.45, 2.75) is 13.3 Å². The van der Waals surface area contributed by atoms with E-state index < -0.39 is 0 Å². The van der Waals surface area contributed by atoms with Crippen molar-refractivity contribution >= 4 is 34.5 Å². The molecule has 2 rings (SSSR count). The van der Waals surface area contributed by atoms with E-state index in [0.29, 0.717) is 22.3 Å². The highest BCUT2D eigenvalue weighted by Gasteiger charge is 2.13. The summed E-state index contributed by atoms with van der Waals surface area (Å²) in [6, 6.07) is 1.67. The van der Waals surface area contributed by atoms with Gasteiger partial charge in [0.1, 0.15) is 10.7 Å². The molecular formula is C11H11Cl2N3S. The van der Waals surface area contributed by atoms with Crippen molar-refractivity contribution in [3.05, 3.63) is 32.9 Å². The summed E-state index contributed by atoms with van der Waals surface area (Å²) >= 11 is 13.5. The minimum atomic E-state index is 0.519. The third kappa shape index (κ3) is 2.77. The SMILES string of the molecule is Cc1nc(-c2ncc(Cl)cc2Cl)sc1CCN. The fourth-order valence-corrected chi connectivity index (χ4v) is 3.08. The first-order valence-corrected chi connectivity index (χ1v) is 6.67. The lowest BCUT2D eigenvalue weighted by atomic mass is 10.3. The van der Waals surface area contributed by atoms with Gasteiger partial charge in [-0.1, -0.05) is 23.2 Å². The topological polar surface area (TPSA) is 51.8 Å². The zero-order chi connectivity index (χ0) is 12.4. The van der Waals surface area contributed by atoms with E-state index in [0.717, 1.165) is 17.1 Å². The van der Waals surface area contributed by atoms with Crippen molar-refractivity contribution in [1.82, 2.24) is 9.97 Å². The largest absolute Gasteiger partial charge is 0.330 e. The highest BCUT2D eigenvalue weighted by Crippen LogP contribution is 2.32. The number of halogens is 2. The summed E-state index contributed by atoms with van der Waals surface area (Å²) < 4.78 is 0. The van der Waals surface area contributed by atoms with Crippen LogP contribution in [0.1, 0.15) is 10.6 Å². The molecule has 17 heavy (non-hydrogen) atoms. The fraction of sp³-hybridized carbons (Fsp3) is 0.273. The maximum atomic E-state index is 6.10. The molecule has 0 radical (unpaired) electrons. The van der Waals surface area contributed by atoms with Gasteiger partial charge < -0.3 is 5.73 Å². The molecule has 0 amide bonds. The predicted molar refractivity (Wildman–Crippen MR) is 72.9 cm³/mol. The molecule has 0 saturated heterocycles. The lowest BCUT2D eigenvalue weighted by Crippen LogP contribution is -2.01. The highest BCUT2D eigenvalue weighted by molar-refractivity contribution is 7.15. The van der Waals surface area contributed by atoms with Crippen molar-refractivity contribution in [2.75, 3.05) is 6.54 Å². The van der Waals surface area contributed by atoms with Crippen LogP contribution in [0, 0.1) is 6.92 Å². The van der Waals surface area contributed by atoms with Gasteiger partial charge in [-0.15, -0.1) is 11.3 Å². The predicted octanol–water partition coefficient (Wildman–Crippen LogP) is 3.32. The molecule has 2 aromatic heterocycles. The Morgan fingerprint density at radius 2 is 2.18 bits per heavy atom. The summed E-state index contributed by atoms with van der Waals surface area (Å²) in [4.78, 5) is 9.85. The molecule has 2 heterocycles. The summed E-state index contributed by atoms with van der Waals surface area (Å²) in [5.41, 5.74) is 7.21. The number of hydrogen-bond donors (Lipinski definition) is 1. The first kappa shape index (κ1) is 12.8. The van der Waals surface area contributed by atoms with Crippen molar-refractivity contribution in [3.8, 4) is 10.7 Å². The van der Waals surface area contributed by atoms with E-state index in [1.54, 1.807) is 23.6 Å². The van der Waals surface area contributed by atoms with Gasteiger partial charge in [0.15, 0.2) is 0 Å². The Bertz CT molecular complexity index is 540. The molecule has 3 nitrogen and oxygen atoms in total. The standard InChI is InChI=1S/C11H11Cl2N3S/c1-6-9(2-3-14)17-11(16-6)10-8(13)4-7(12)5-15-10/h4-5H,2-3,14H2,1H3. The smallest absolute Gasteiger partial charge is 0.143 e. The molecule has 2 aromatic rings. The fourth-order valence-electron chi connectivity index (χ4n) is 1.46. The average molecular weight is 288 g/mol. The van der Waals surface area contributed by atoms with Gasteiger partial charge in [-0.2, -0.15) is 0 Å². The van der Waals surface area contributed by atoms with Crippen LogP contribution in [0.5, 0.6) is 0 Å². The van der Waals surface area contributed by atoms with Crippen molar-refractivity contribution < 1.29 is 0 Å². The molecule has 0 aliphatic carbocycles. The Morgan fingerprint density at radius 1 is 1.41 bits per heavy atom. The number of nitrogens with zero attached hydrogens (tertiary/aromatic N) is 2. The van der Waals surface area contributed by atoms with Gasteiger partial charge in [-0.3, -0.25) is 4.98 Å². The second-order valence-electron chi connectivity index (χ2n) is 3.55. The van der Waals surface area contributed by atoms with Crippen LogP contribution in [0.4, 0.5) is 0 Å². The van der Waals surface area contributed by atoms with Crippen molar-refractivity contribution in [3.63, 3.8) is 0 Å². The average Bonchev–Trinajstić information content (AvgIpc) is 2.60. The first-order valence-electron chi connectivity index (χ1n) is 5.09. The zero-order valence-corrected chi connectivity index (χ0v) is 11.5. The Kier molecular flexibility index (Phi) is 3.99. The lowest BCUT2D eigenvalue weighted by molar-refractivity contribution is 0.970. The second-order valence-corrected chi connectivity index (χ2v) is 5.48. The van der Waals surface area contributed by atoms with Crippen LogP contribution in [0.2, 0.25) is 10.0 Å². The van der Waals surface area contributed by atoms with E-state index >= 15 is 0 Å². The van der Waals surface area contributed by atoms with E-state index in [9.17, 15) is 0 Å². The van der Waals surface area contributed by atoms with Crippen LogP contribution in [0.25, 0.3) is 10.7 Å². The number of aromatic nitrogens is 2. The number of hydrogen-bond acceptors (Lipinski definition) is 4. The number of thiazole rings is 1. The van der Waals surface area contributed by atoms with Crippen LogP contribution in [0.15, 0.2) is 12.3 Å². The molecule has 0 saturated carbocycles. The molecule has 0 aliphatic heterocycles. The van der Waals surface area contributed by atoms with Gasteiger partial charge in [-0.25, -0.2) is 4.98 Å². The number of rotatable bonds is 3. The van der Waals surface area contributed by atoms with E-state index in [4.69, 9.17) is 28.9 Å². The van der Waals surface area contributed by atoms with E-state index in [-0.39, 0.29) is 0 Å². The molecule has 0 atom stereocenters. The number of aryl methyl sites for hydroxylation is 1. The van der Waals surface area contributed by atoms with Crippen LogP contribution in [-0.4, -0.2) is 16.5 Å². The first-order chi connectivity index (χ1) is 8.11. The molecule has 0 fully saturated rings. The summed E-state index contributed by atoms with van der Waals surface area (Å²) in [5, 5.41) is 1.85. The van der Waals surface area contributed by atoms with Gasteiger partial charge in [0, 0.05) is 11.1 Å². The summed E-state index contributed by atoms with van der Waals surface area (Å²) in [5.74, 6) is 0. The lowest BCUT2D eigenvalue weighted by Gasteiger charge is -1.98. The summed E-state index contributed by atoms with van der Waals surface area (Å²) in [6.45, 7) is 2.58. The molecule has 0 bridgehead atoms. The van der Waals surface area contributed by atoms with Gasteiger partial charge in [0.2, 0.25) is 0 Å². The third-order valence-electron chi connectivity index (χ3n) is 2.27. The second kappa shape index (κ2) is 5.31. The maximum Gasteiger partial charge on any atom is 0.143 e. The Morgan fingerprint density at radius 3 is 2.82 bits per heavy atom. The molecule has 0 aromatic carbocycles. The summed E-state index contributed by atoms with van der Waals surface area (Å²) in [7, 11) is 0. The van der Waals surface area contributed by atoms with Gasteiger partial charge in [0.05, 0.1) is 15.7 Å². The van der Waals surface area contributed by atoms with E-state index in [2.05, 4.69) is 9.97 Å². The minimum absolute atomic E-state index is 0.519. The maximum absolute atomic E-state index is 6.10. The number of pyridine rings is 1. The van der Waals surface area contributed by atoms with Crippen molar-refractivity contribution in [1.29, 1.82) is 0 Å². The van der Waals surface area contributed by atoms with Gasteiger partial charge >= 0.3 is 0 Å². The molecule has 2 N–H and O–H groups in total. The van der Waals surface area contributed by atoms with Gasteiger partial charge in [-0.05, 0) is 26.0 Å². The van der Waals surface area contributed by atoms with Crippen LogP contribution in [0.3, 0.4) is 0 Å². The quantitative estimate of drug-likeness (QED) is 0.942. The van der Waals surface area contributed by atoms with Gasteiger partial charge in [0.25, 0.3) is 0 Å². The van der Waals surface area contributed by atoms with Crippen LogP contribution < -0.4 is 5.73 Å². The monoisotopic (exact) mass is 287 g/mol. The molecular weight excluding hydrogens is 277 g/mol. The molecule has 0 aliphatic rings. The highest BCUT2D eigenvalue weighted by atomic mass is 35.5. The molecule has 90 valence electrons. The zero-order valence-electron chi connectivity index (χ0n) is 9.20. The normalized spacial score (nSPS) is 10.8. The minimum Gasteiger partial charge on any atom is -0.330 e. The number of nitrogens with two attached hydrogens (primary N) is 1. The van der Waals surface area contributed by atoms with Crippen LogP contribution in [-0.2, 0) is 6.42 Å². The Labute approximate surface area is 114 Å². The third-order valence-corrected chi connectivity index (χ3v) is 3.99. The molecule has 0 unspecified atom stereocenters. The van der Waals surface area contributed by atoms with Crippen LogP contribution >= 0.6 is 34.5 Å². The molecule has 0 spiro atoms. The molecule has 6 heteroatoms. The van der Waals surface area contributed by atoms with Crippen molar-refractivity contribution in [2.24, 2.45) is 5.73 Å². The summed E-state index contributed by atoms with van der Waals surface area (Å²) in [6.07, 6.45) is 2.40. The van der Waals surface area contributed by atoms with E-state index in [1.807, 2.05) is 6.92 Å². The Balaban J connectivity index is 2.42.